The van der Waals surface area contributed by atoms with E-state index in [0.717, 1.165) is 53.9 Å². The molecule has 3 N–H and O–H groups in total. The number of aromatic nitrogens is 2. The quantitative estimate of drug-likeness (QED) is 0.151. The van der Waals surface area contributed by atoms with E-state index >= 15 is 0 Å². The molecule has 32 heavy (non-hydrogen) atoms. The van der Waals surface area contributed by atoms with Crippen molar-refractivity contribution in [2.24, 2.45) is 4.99 Å². The number of rotatable bonds is 10. The number of benzene rings is 2. The Morgan fingerprint density at radius 3 is 2.62 bits per heavy atom. The minimum absolute atomic E-state index is 0. The highest BCUT2D eigenvalue weighted by Crippen LogP contribution is 2.28. The summed E-state index contributed by atoms with van der Waals surface area (Å²) < 4.78 is 11.0. The number of nitrogens with one attached hydrogen (secondary N) is 3. The van der Waals surface area contributed by atoms with Gasteiger partial charge in [0.25, 0.3) is 0 Å². The molecule has 7 nitrogen and oxygen atoms in total. The van der Waals surface area contributed by atoms with Crippen LogP contribution in [0.1, 0.15) is 24.7 Å². The lowest BCUT2D eigenvalue weighted by Crippen LogP contribution is -2.37. The molecule has 0 aliphatic rings. The van der Waals surface area contributed by atoms with Crippen molar-refractivity contribution in [3.05, 3.63) is 66.1 Å². The molecule has 3 aromatic rings. The molecule has 1 heterocycles. The third kappa shape index (κ3) is 7.44. The van der Waals surface area contributed by atoms with Crippen molar-refractivity contribution in [2.45, 2.75) is 26.3 Å². The third-order valence-electron chi connectivity index (χ3n) is 4.82. The Balaban J connectivity index is 0.00000363. The lowest BCUT2D eigenvalue weighted by Gasteiger charge is -2.12. The number of hydrogen-bond donors (Lipinski definition) is 3. The van der Waals surface area contributed by atoms with Gasteiger partial charge in [-0.15, -0.1) is 24.0 Å². The number of hydrogen-bond acceptors (Lipinski definition) is 4. The Bertz CT molecular complexity index is 976. The molecule has 3 rings (SSSR count). The average Bonchev–Trinajstić information content (AvgIpc) is 3.29. The number of aromatic amines is 1. The summed E-state index contributed by atoms with van der Waals surface area (Å²) in [5.41, 5.74) is 3.35. The van der Waals surface area contributed by atoms with Crippen LogP contribution in [0.3, 0.4) is 0 Å². The number of guanidine groups is 1. The fourth-order valence-electron chi connectivity index (χ4n) is 3.25. The van der Waals surface area contributed by atoms with Gasteiger partial charge in [0.1, 0.15) is 5.82 Å². The predicted octanol–water partition coefficient (Wildman–Crippen LogP) is 4.40. The molecule has 0 spiro atoms. The average molecular weight is 549 g/mol. The summed E-state index contributed by atoms with van der Waals surface area (Å²) in [5, 5.41) is 6.65. The molecule has 2 aromatic carbocycles. The Kier molecular flexibility index (Phi) is 10.9. The number of nitrogens with zero attached hydrogens (tertiary/aromatic N) is 2. The van der Waals surface area contributed by atoms with Gasteiger partial charge in [-0.2, -0.15) is 0 Å². The highest BCUT2D eigenvalue weighted by atomic mass is 127. The van der Waals surface area contributed by atoms with E-state index in [1.165, 1.54) is 5.56 Å². The van der Waals surface area contributed by atoms with Gasteiger partial charge in [-0.3, -0.25) is 4.99 Å². The van der Waals surface area contributed by atoms with Crippen molar-refractivity contribution in [3.8, 4) is 22.8 Å². The maximum Gasteiger partial charge on any atom is 0.191 e. The monoisotopic (exact) mass is 549 g/mol. The molecule has 0 bridgehead atoms. The van der Waals surface area contributed by atoms with Crippen LogP contribution in [0.25, 0.3) is 11.3 Å². The van der Waals surface area contributed by atoms with Crippen LogP contribution in [0, 0.1) is 0 Å². The molecular formula is C24H32IN5O2. The van der Waals surface area contributed by atoms with Crippen LogP contribution >= 0.6 is 24.0 Å². The zero-order valence-electron chi connectivity index (χ0n) is 18.9. The molecule has 0 amide bonds. The van der Waals surface area contributed by atoms with Gasteiger partial charge < -0.3 is 25.1 Å². The normalized spacial score (nSPS) is 10.9. The van der Waals surface area contributed by atoms with E-state index < -0.39 is 0 Å². The molecule has 0 saturated carbocycles. The molecule has 8 heteroatoms. The maximum absolute atomic E-state index is 5.66. The number of aryl methyl sites for hydroxylation is 1. The van der Waals surface area contributed by atoms with Gasteiger partial charge in [-0.1, -0.05) is 36.4 Å². The molecule has 0 aliphatic carbocycles. The molecule has 1 aromatic heterocycles. The van der Waals surface area contributed by atoms with Gasteiger partial charge in [0.15, 0.2) is 17.5 Å². The minimum Gasteiger partial charge on any atom is -0.493 e. The maximum atomic E-state index is 5.66. The summed E-state index contributed by atoms with van der Waals surface area (Å²) in [4.78, 5) is 12.1. The van der Waals surface area contributed by atoms with Crippen molar-refractivity contribution in [2.75, 3.05) is 27.3 Å². The molecule has 0 saturated heterocycles. The van der Waals surface area contributed by atoms with E-state index in [1.807, 2.05) is 37.4 Å². The molecule has 0 radical (unpaired) electrons. The zero-order chi connectivity index (χ0) is 21.9. The fourth-order valence-corrected chi connectivity index (χ4v) is 3.25. The lowest BCUT2D eigenvalue weighted by atomic mass is 10.1. The van der Waals surface area contributed by atoms with Crippen LogP contribution in [0.5, 0.6) is 11.5 Å². The molecular weight excluding hydrogens is 517 g/mol. The molecule has 0 aliphatic heterocycles. The van der Waals surface area contributed by atoms with E-state index in [0.29, 0.717) is 13.2 Å². The van der Waals surface area contributed by atoms with Crippen LogP contribution in [0.15, 0.2) is 59.7 Å². The van der Waals surface area contributed by atoms with Crippen LogP contribution < -0.4 is 20.1 Å². The Hall–Kier alpha value is -2.75. The summed E-state index contributed by atoms with van der Waals surface area (Å²) in [6.07, 6.45) is 3.76. The first-order valence-electron chi connectivity index (χ1n) is 10.6. The van der Waals surface area contributed by atoms with Crippen molar-refractivity contribution >= 4 is 29.9 Å². The van der Waals surface area contributed by atoms with Gasteiger partial charge in [0.2, 0.25) is 0 Å². The zero-order valence-corrected chi connectivity index (χ0v) is 21.2. The largest absolute Gasteiger partial charge is 0.493 e. The molecule has 0 fully saturated rings. The second-order valence-electron chi connectivity index (χ2n) is 6.98. The summed E-state index contributed by atoms with van der Waals surface area (Å²) in [6.45, 7) is 3.97. The van der Waals surface area contributed by atoms with Gasteiger partial charge in [-0.05, 0) is 43.0 Å². The van der Waals surface area contributed by atoms with E-state index in [2.05, 4.69) is 49.9 Å². The number of ether oxygens (including phenoxy) is 2. The van der Waals surface area contributed by atoms with Crippen molar-refractivity contribution in [1.82, 2.24) is 20.6 Å². The van der Waals surface area contributed by atoms with E-state index in [4.69, 9.17) is 9.47 Å². The van der Waals surface area contributed by atoms with Gasteiger partial charge in [-0.25, -0.2) is 4.98 Å². The topological polar surface area (TPSA) is 83.6 Å². The second-order valence-corrected chi connectivity index (χ2v) is 6.98. The standard InChI is InChI=1S/C24H31N5O2.HI/c1-4-31-22-15-18(12-13-21(22)30-3)9-8-14-26-24(25-2)28-17-23-27-16-20(29-23)19-10-6-5-7-11-19;/h5-7,10-13,15-16H,4,8-9,14,17H2,1-3H3,(H,27,29)(H2,25,26,28);1H. The van der Waals surface area contributed by atoms with Crippen molar-refractivity contribution in [1.29, 1.82) is 0 Å². The number of imidazole rings is 1. The first kappa shape index (κ1) is 25.5. The Morgan fingerprint density at radius 2 is 1.91 bits per heavy atom. The van der Waals surface area contributed by atoms with E-state index in [9.17, 15) is 0 Å². The Morgan fingerprint density at radius 1 is 1.09 bits per heavy atom. The smallest absolute Gasteiger partial charge is 0.191 e. The summed E-state index contributed by atoms with van der Waals surface area (Å²) in [6, 6.07) is 16.3. The number of aliphatic imine (C=N–C) groups is 1. The van der Waals surface area contributed by atoms with Gasteiger partial charge in [0, 0.05) is 13.6 Å². The first-order chi connectivity index (χ1) is 15.2. The number of halogens is 1. The highest BCUT2D eigenvalue weighted by molar-refractivity contribution is 14.0. The summed E-state index contributed by atoms with van der Waals surface area (Å²) in [5.74, 6) is 3.17. The van der Waals surface area contributed by atoms with Crippen LogP contribution in [-0.4, -0.2) is 43.2 Å². The summed E-state index contributed by atoms with van der Waals surface area (Å²) >= 11 is 0. The van der Waals surface area contributed by atoms with Crippen LogP contribution in [0.4, 0.5) is 0 Å². The van der Waals surface area contributed by atoms with Crippen molar-refractivity contribution < 1.29 is 9.47 Å². The van der Waals surface area contributed by atoms with Crippen LogP contribution in [0.2, 0.25) is 0 Å². The molecule has 0 unspecified atom stereocenters. The number of H-pyrrole nitrogens is 1. The summed E-state index contributed by atoms with van der Waals surface area (Å²) in [7, 11) is 3.43. The molecule has 172 valence electrons. The predicted molar refractivity (Wildman–Crippen MR) is 140 cm³/mol. The van der Waals surface area contributed by atoms with Gasteiger partial charge >= 0.3 is 0 Å². The van der Waals surface area contributed by atoms with Crippen LogP contribution in [-0.2, 0) is 13.0 Å². The van der Waals surface area contributed by atoms with E-state index in [1.54, 1.807) is 14.2 Å². The highest BCUT2D eigenvalue weighted by Gasteiger charge is 2.06. The fraction of sp³-hybridized carbons (Fsp3) is 0.333. The second kappa shape index (κ2) is 13.6. The Labute approximate surface area is 207 Å². The number of methoxy groups -OCH3 is 1. The first-order valence-corrected chi connectivity index (χ1v) is 10.6. The SMILES string of the molecule is CCOc1cc(CCCNC(=NC)NCc2ncc(-c3ccccc3)[nH]2)ccc1OC.I. The van der Waals surface area contributed by atoms with Crippen molar-refractivity contribution in [3.63, 3.8) is 0 Å². The van der Waals surface area contributed by atoms with E-state index in [-0.39, 0.29) is 24.0 Å². The molecule has 0 atom stereocenters. The third-order valence-corrected chi connectivity index (χ3v) is 4.82. The van der Waals surface area contributed by atoms with Gasteiger partial charge in [0.05, 0.1) is 32.2 Å². The lowest BCUT2D eigenvalue weighted by molar-refractivity contribution is 0.310. The minimum atomic E-state index is 0.